The van der Waals surface area contributed by atoms with Crippen molar-refractivity contribution in [1.82, 2.24) is 15.3 Å². The van der Waals surface area contributed by atoms with E-state index in [-0.39, 0.29) is 5.82 Å². The topological polar surface area (TPSA) is 55.8 Å². The van der Waals surface area contributed by atoms with Crippen LogP contribution in [-0.2, 0) is 13.1 Å². The number of carbonyl (C=O) groups excluding carboxylic acids is 1. The number of hydroxylamine groups is 1. The van der Waals surface area contributed by atoms with Gasteiger partial charge in [-0.25, -0.2) is 9.87 Å². The molecule has 1 saturated heterocycles. The predicted octanol–water partition coefficient (Wildman–Crippen LogP) is 3.04. The smallest absolute Gasteiger partial charge is 0.274 e. The number of nitrogens with zero attached hydrogens (tertiary/aromatic N) is 2. The molecule has 0 bridgehead atoms. The lowest BCUT2D eigenvalue weighted by molar-refractivity contribution is 0.0290. The van der Waals surface area contributed by atoms with Gasteiger partial charge in [-0.15, -0.1) is 0 Å². The standard InChI is InChI=1S/C21H26FN3O2/c1-15-11-24(13-18-4-3-5-20(22)10-18)12-16(2)25(15)14-17-6-8-19(9-7-17)21(26)23-27/h3-10,15-16,27H,11-14H2,1-2H3,(H,23,26)/t15-,16+. The molecule has 0 radical (unpaired) electrons. The third-order valence-electron chi connectivity index (χ3n) is 5.16. The first-order chi connectivity index (χ1) is 13.0. The van der Waals surface area contributed by atoms with Crippen molar-refractivity contribution in [1.29, 1.82) is 0 Å². The van der Waals surface area contributed by atoms with Crippen LogP contribution >= 0.6 is 0 Å². The molecule has 1 aliphatic rings. The number of halogens is 1. The second kappa shape index (κ2) is 8.61. The Morgan fingerprint density at radius 3 is 2.33 bits per heavy atom. The maximum atomic E-state index is 13.4. The molecule has 1 amide bonds. The molecule has 3 rings (SSSR count). The molecule has 0 aliphatic carbocycles. The van der Waals surface area contributed by atoms with Gasteiger partial charge in [0.25, 0.3) is 5.91 Å². The number of benzene rings is 2. The first-order valence-electron chi connectivity index (χ1n) is 9.22. The van der Waals surface area contributed by atoms with E-state index in [9.17, 15) is 9.18 Å². The van der Waals surface area contributed by atoms with E-state index in [1.807, 2.05) is 18.2 Å². The lowest BCUT2D eigenvalue weighted by Crippen LogP contribution is -2.55. The van der Waals surface area contributed by atoms with Gasteiger partial charge in [-0.1, -0.05) is 24.3 Å². The number of rotatable bonds is 5. The van der Waals surface area contributed by atoms with Crippen molar-refractivity contribution in [3.8, 4) is 0 Å². The van der Waals surface area contributed by atoms with Crippen LogP contribution in [0.2, 0.25) is 0 Å². The summed E-state index contributed by atoms with van der Waals surface area (Å²) in [4.78, 5) is 16.2. The van der Waals surface area contributed by atoms with Crippen LogP contribution in [0.1, 0.15) is 35.3 Å². The van der Waals surface area contributed by atoms with E-state index in [0.717, 1.165) is 37.3 Å². The minimum absolute atomic E-state index is 0.189. The number of nitrogens with one attached hydrogen (secondary N) is 1. The van der Waals surface area contributed by atoms with Gasteiger partial charge in [0.15, 0.2) is 0 Å². The van der Waals surface area contributed by atoms with Gasteiger partial charge in [-0.2, -0.15) is 0 Å². The number of hydrogen-bond donors (Lipinski definition) is 2. The van der Waals surface area contributed by atoms with Crippen LogP contribution in [0.25, 0.3) is 0 Å². The van der Waals surface area contributed by atoms with Crippen molar-refractivity contribution >= 4 is 5.91 Å². The molecule has 1 aliphatic heterocycles. The largest absolute Gasteiger partial charge is 0.296 e. The molecule has 0 aromatic heterocycles. The van der Waals surface area contributed by atoms with Crippen molar-refractivity contribution in [2.45, 2.75) is 39.0 Å². The van der Waals surface area contributed by atoms with Crippen molar-refractivity contribution in [2.75, 3.05) is 13.1 Å². The van der Waals surface area contributed by atoms with Gasteiger partial charge in [0, 0.05) is 43.8 Å². The van der Waals surface area contributed by atoms with E-state index in [1.165, 1.54) is 6.07 Å². The van der Waals surface area contributed by atoms with E-state index in [4.69, 9.17) is 5.21 Å². The molecule has 0 saturated carbocycles. The molecular formula is C21H26FN3O2. The Balaban J connectivity index is 1.61. The fraction of sp³-hybridized carbons (Fsp3) is 0.381. The highest BCUT2D eigenvalue weighted by molar-refractivity contribution is 5.93. The molecule has 2 aromatic carbocycles. The molecular weight excluding hydrogens is 345 g/mol. The number of amides is 1. The van der Waals surface area contributed by atoms with E-state index in [2.05, 4.69) is 23.6 Å². The molecule has 144 valence electrons. The summed E-state index contributed by atoms with van der Waals surface area (Å²) in [5.74, 6) is -0.695. The predicted molar refractivity (Wildman–Crippen MR) is 102 cm³/mol. The first-order valence-corrected chi connectivity index (χ1v) is 9.22. The zero-order chi connectivity index (χ0) is 19.4. The van der Waals surface area contributed by atoms with Crippen LogP contribution in [0.4, 0.5) is 4.39 Å². The zero-order valence-electron chi connectivity index (χ0n) is 15.7. The number of hydrogen-bond acceptors (Lipinski definition) is 4. The first kappa shape index (κ1) is 19.5. The summed E-state index contributed by atoms with van der Waals surface area (Å²) >= 11 is 0. The second-order valence-electron chi connectivity index (χ2n) is 7.33. The molecule has 2 N–H and O–H groups in total. The van der Waals surface area contributed by atoms with Gasteiger partial charge in [-0.3, -0.25) is 19.8 Å². The van der Waals surface area contributed by atoms with Crippen LogP contribution in [-0.4, -0.2) is 46.1 Å². The maximum absolute atomic E-state index is 13.4. The SMILES string of the molecule is C[C@@H]1CN(Cc2cccc(F)c2)C[C@H](C)N1Cc1ccc(C(=O)NO)cc1. The number of carbonyl (C=O) groups is 1. The van der Waals surface area contributed by atoms with E-state index in [1.54, 1.807) is 29.7 Å². The zero-order valence-corrected chi connectivity index (χ0v) is 15.7. The fourth-order valence-electron chi connectivity index (χ4n) is 3.84. The molecule has 5 nitrogen and oxygen atoms in total. The minimum Gasteiger partial charge on any atom is -0.296 e. The summed E-state index contributed by atoms with van der Waals surface area (Å²) in [7, 11) is 0. The Morgan fingerprint density at radius 1 is 1.07 bits per heavy atom. The van der Waals surface area contributed by atoms with Gasteiger partial charge >= 0.3 is 0 Å². The Labute approximate surface area is 159 Å². The van der Waals surface area contributed by atoms with E-state index < -0.39 is 5.91 Å². The van der Waals surface area contributed by atoms with E-state index in [0.29, 0.717) is 17.6 Å². The Hall–Kier alpha value is -2.28. The molecule has 1 heterocycles. The lowest BCUT2D eigenvalue weighted by atomic mass is 10.0. The quantitative estimate of drug-likeness (QED) is 0.627. The third-order valence-corrected chi connectivity index (χ3v) is 5.16. The summed E-state index contributed by atoms with van der Waals surface area (Å²) < 4.78 is 13.4. The van der Waals surface area contributed by atoms with Crippen LogP contribution in [0.15, 0.2) is 48.5 Å². The minimum atomic E-state index is -0.505. The van der Waals surface area contributed by atoms with Crippen molar-refractivity contribution in [2.24, 2.45) is 0 Å². The summed E-state index contributed by atoms with van der Waals surface area (Å²) in [6.07, 6.45) is 0. The molecule has 6 heteroatoms. The van der Waals surface area contributed by atoms with Crippen LogP contribution < -0.4 is 5.48 Å². The molecule has 2 aromatic rings. The summed E-state index contributed by atoms with van der Waals surface area (Å²) in [6.45, 7) is 7.82. The summed E-state index contributed by atoms with van der Waals surface area (Å²) in [6, 6.07) is 14.8. The average Bonchev–Trinajstić information content (AvgIpc) is 2.64. The highest BCUT2D eigenvalue weighted by Crippen LogP contribution is 2.21. The van der Waals surface area contributed by atoms with Gasteiger partial charge in [0.1, 0.15) is 5.82 Å². The van der Waals surface area contributed by atoms with Crippen molar-refractivity contribution in [3.63, 3.8) is 0 Å². The lowest BCUT2D eigenvalue weighted by Gasteiger charge is -2.44. The monoisotopic (exact) mass is 371 g/mol. The number of piperazine rings is 1. The van der Waals surface area contributed by atoms with Gasteiger partial charge in [-0.05, 0) is 49.2 Å². The van der Waals surface area contributed by atoms with Crippen LogP contribution in [0, 0.1) is 5.82 Å². The Morgan fingerprint density at radius 2 is 1.74 bits per heavy atom. The van der Waals surface area contributed by atoms with Gasteiger partial charge in [0.2, 0.25) is 0 Å². The summed E-state index contributed by atoms with van der Waals surface area (Å²) in [5.41, 5.74) is 4.21. The second-order valence-corrected chi connectivity index (χ2v) is 7.33. The molecule has 0 spiro atoms. The van der Waals surface area contributed by atoms with Gasteiger partial charge in [0.05, 0.1) is 0 Å². The normalized spacial score (nSPS) is 21.2. The van der Waals surface area contributed by atoms with Crippen LogP contribution in [0.5, 0.6) is 0 Å². The Kier molecular flexibility index (Phi) is 6.21. The summed E-state index contributed by atoms with van der Waals surface area (Å²) in [5, 5.41) is 8.70. The molecule has 2 atom stereocenters. The maximum Gasteiger partial charge on any atom is 0.274 e. The van der Waals surface area contributed by atoms with Crippen molar-refractivity contribution < 1.29 is 14.4 Å². The molecule has 0 unspecified atom stereocenters. The van der Waals surface area contributed by atoms with Gasteiger partial charge < -0.3 is 0 Å². The highest BCUT2D eigenvalue weighted by atomic mass is 19.1. The molecule has 27 heavy (non-hydrogen) atoms. The fourth-order valence-corrected chi connectivity index (χ4v) is 3.84. The highest BCUT2D eigenvalue weighted by Gasteiger charge is 2.29. The third kappa shape index (κ3) is 4.91. The Bertz CT molecular complexity index is 769. The van der Waals surface area contributed by atoms with E-state index >= 15 is 0 Å². The average molecular weight is 371 g/mol. The van der Waals surface area contributed by atoms with Crippen LogP contribution in [0.3, 0.4) is 0 Å². The molecule has 1 fully saturated rings. The van der Waals surface area contributed by atoms with Crippen molar-refractivity contribution in [3.05, 3.63) is 71.0 Å².